The molecule has 0 amide bonds. The SMILES string of the molecule is COCC(C)(CC1CN(S(=O)(=O)c2cccc(C(F)(F)F)c2)c2cc(-c3cc(F)cc(OC(F)F)c3)ccc2O1)C(=O)O. The van der Waals surface area contributed by atoms with E-state index in [1.54, 1.807) is 0 Å². The summed E-state index contributed by atoms with van der Waals surface area (Å²) >= 11 is 0. The summed E-state index contributed by atoms with van der Waals surface area (Å²) in [5, 5.41) is 9.80. The Hall–Kier alpha value is -3.98. The number of ether oxygens (including phenoxy) is 3. The molecule has 1 heterocycles. The molecule has 3 aromatic carbocycles. The van der Waals surface area contributed by atoms with Gasteiger partial charge in [0.25, 0.3) is 10.0 Å². The topological polar surface area (TPSA) is 102 Å². The van der Waals surface area contributed by atoms with E-state index in [1.165, 1.54) is 32.2 Å². The van der Waals surface area contributed by atoms with Gasteiger partial charge in [0.15, 0.2) is 0 Å². The molecule has 3 aromatic rings. The fourth-order valence-corrected chi connectivity index (χ4v) is 6.26. The van der Waals surface area contributed by atoms with Gasteiger partial charge in [-0.3, -0.25) is 9.10 Å². The Bertz CT molecular complexity index is 1620. The number of halogens is 6. The third-order valence-corrected chi connectivity index (χ3v) is 8.50. The highest BCUT2D eigenvalue weighted by atomic mass is 32.2. The zero-order valence-corrected chi connectivity index (χ0v) is 23.4. The average molecular weight is 634 g/mol. The van der Waals surface area contributed by atoms with Gasteiger partial charge in [0, 0.05) is 19.6 Å². The molecule has 0 aliphatic carbocycles. The average Bonchev–Trinajstić information content (AvgIpc) is 2.91. The predicted octanol–water partition coefficient (Wildman–Crippen LogP) is 6.20. The molecule has 4 rings (SSSR count). The van der Waals surface area contributed by atoms with Gasteiger partial charge >= 0.3 is 18.8 Å². The third kappa shape index (κ3) is 6.99. The van der Waals surface area contributed by atoms with Crippen molar-refractivity contribution in [2.24, 2.45) is 5.41 Å². The summed E-state index contributed by atoms with van der Waals surface area (Å²) in [5.74, 6) is -2.75. The number of benzene rings is 3. The number of methoxy groups -OCH3 is 1. The Morgan fingerprint density at radius 2 is 1.81 bits per heavy atom. The lowest BCUT2D eigenvalue weighted by Crippen LogP contribution is -2.47. The number of carbonyl (C=O) groups is 1. The van der Waals surface area contributed by atoms with Crippen molar-refractivity contribution in [1.82, 2.24) is 0 Å². The molecule has 0 radical (unpaired) electrons. The van der Waals surface area contributed by atoms with Crippen LogP contribution in [-0.2, 0) is 25.7 Å². The number of fused-ring (bicyclic) bond motifs is 1. The van der Waals surface area contributed by atoms with Crippen molar-refractivity contribution in [3.63, 3.8) is 0 Å². The number of hydrogen-bond donors (Lipinski definition) is 1. The van der Waals surface area contributed by atoms with Crippen LogP contribution in [0, 0.1) is 11.2 Å². The van der Waals surface area contributed by atoms with Gasteiger partial charge in [-0.05, 0) is 60.5 Å². The first kappa shape index (κ1) is 31.9. The van der Waals surface area contributed by atoms with Crippen LogP contribution in [-0.4, -0.2) is 52.5 Å². The minimum Gasteiger partial charge on any atom is -0.486 e. The van der Waals surface area contributed by atoms with E-state index < -0.39 is 68.9 Å². The van der Waals surface area contributed by atoms with E-state index >= 15 is 0 Å². The van der Waals surface area contributed by atoms with Crippen LogP contribution < -0.4 is 13.8 Å². The molecule has 1 aliphatic heterocycles. The lowest BCUT2D eigenvalue weighted by molar-refractivity contribution is -0.153. The van der Waals surface area contributed by atoms with Crippen LogP contribution in [0.5, 0.6) is 11.5 Å². The van der Waals surface area contributed by atoms with E-state index in [2.05, 4.69) is 4.74 Å². The Morgan fingerprint density at radius 3 is 2.44 bits per heavy atom. The standard InChI is InChI=1S/C28H25F6NO7S/c1-27(15-40-2,25(36)37)13-21-14-35(43(38,39)22-5-3-4-18(11-22)28(32,33)34)23-10-16(6-7-24(23)41-21)17-8-19(29)12-20(9-17)42-26(30)31/h3-12,21,26H,13-15H2,1-2H3,(H,36,37). The summed E-state index contributed by atoms with van der Waals surface area (Å²) < 4.78 is 124. The second-order valence-electron chi connectivity index (χ2n) is 10.0. The predicted molar refractivity (Wildman–Crippen MR) is 141 cm³/mol. The Labute approximate surface area is 242 Å². The first-order valence-corrected chi connectivity index (χ1v) is 14.0. The highest BCUT2D eigenvalue weighted by Gasteiger charge is 2.42. The van der Waals surface area contributed by atoms with Gasteiger partial charge in [0.05, 0.1) is 34.7 Å². The minimum absolute atomic E-state index is 0.0236. The molecule has 43 heavy (non-hydrogen) atoms. The quantitative estimate of drug-likeness (QED) is 0.266. The first-order chi connectivity index (χ1) is 20.0. The van der Waals surface area contributed by atoms with Gasteiger partial charge in [-0.25, -0.2) is 12.8 Å². The molecule has 15 heteroatoms. The van der Waals surface area contributed by atoms with E-state index in [-0.39, 0.29) is 35.6 Å². The van der Waals surface area contributed by atoms with Gasteiger partial charge in [-0.2, -0.15) is 22.0 Å². The molecular formula is C28H25F6NO7S. The van der Waals surface area contributed by atoms with Gasteiger partial charge in [0.2, 0.25) is 0 Å². The van der Waals surface area contributed by atoms with Crippen molar-refractivity contribution in [2.75, 3.05) is 24.6 Å². The number of nitrogens with zero attached hydrogens (tertiary/aromatic N) is 1. The number of anilines is 1. The van der Waals surface area contributed by atoms with Crippen molar-refractivity contribution < 1.29 is 58.9 Å². The second-order valence-corrected chi connectivity index (χ2v) is 11.9. The van der Waals surface area contributed by atoms with Crippen molar-refractivity contribution in [3.05, 3.63) is 72.0 Å². The summed E-state index contributed by atoms with van der Waals surface area (Å²) in [6.07, 6.45) is -6.18. The zero-order valence-electron chi connectivity index (χ0n) is 22.6. The number of carboxylic acid groups (broad SMARTS) is 1. The molecule has 8 nitrogen and oxygen atoms in total. The molecule has 0 spiro atoms. The van der Waals surface area contributed by atoms with Gasteiger partial charge in [-0.15, -0.1) is 0 Å². The molecule has 1 N–H and O–H groups in total. The van der Waals surface area contributed by atoms with Gasteiger partial charge in [0.1, 0.15) is 23.4 Å². The Morgan fingerprint density at radius 1 is 1.09 bits per heavy atom. The normalized spacial score (nSPS) is 16.8. The molecule has 0 saturated carbocycles. The zero-order chi connectivity index (χ0) is 31.7. The molecule has 0 fully saturated rings. The second kappa shape index (κ2) is 12.0. The fraction of sp³-hybridized carbons (Fsp3) is 0.321. The van der Waals surface area contributed by atoms with E-state index in [4.69, 9.17) is 9.47 Å². The van der Waals surface area contributed by atoms with Crippen LogP contribution in [0.25, 0.3) is 11.1 Å². The van der Waals surface area contributed by atoms with E-state index in [1.807, 2.05) is 0 Å². The van der Waals surface area contributed by atoms with E-state index in [0.717, 1.165) is 34.6 Å². The highest BCUT2D eigenvalue weighted by Crippen LogP contribution is 2.43. The van der Waals surface area contributed by atoms with Gasteiger partial charge < -0.3 is 19.3 Å². The molecule has 0 saturated heterocycles. The summed E-state index contributed by atoms with van der Waals surface area (Å²) in [6.45, 7) is -2.64. The fourth-order valence-electron chi connectivity index (χ4n) is 4.71. The van der Waals surface area contributed by atoms with Gasteiger partial charge in [-0.1, -0.05) is 12.1 Å². The van der Waals surface area contributed by atoms with Crippen molar-refractivity contribution in [1.29, 1.82) is 0 Å². The maximum Gasteiger partial charge on any atom is 0.416 e. The Balaban J connectivity index is 1.84. The smallest absolute Gasteiger partial charge is 0.416 e. The number of carboxylic acids is 1. The van der Waals surface area contributed by atoms with Crippen molar-refractivity contribution in [2.45, 2.75) is 37.1 Å². The third-order valence-electron chi connectivity index (χ3n) is 6.73. The summed E-state index contributed by atoms with van der Waals surface area (Å²) in [4.78, 5) is 11.3. The maximum absolute atomic E-state index is 14.3. The highest BCUT2D eigenvalue weighted by molar-refractivity contribution is 7.92. The van der Waals surface area contributed by atoms with Crippen LogP contribution in [0.15, 0.2) is 65.6 Å². The lowest BCUT2D eigenvalue weighted by Gasteiger charge is -2.38. The monoisotopic (exact) mass is 633 g/mol. The maximum atomic E-state index is 14.3. The molecule has 2 unspecified atom stereocenters. The van der Waals surface area contributed by atoms with E-state index in [0.29, 0.717) is 12.1 Å². The minimum atomic E-state index is -4.84. The molecule has 232 valence electrons. The number of alkyl halides is 5. The number of aliphatic carboxylic acids is 1. The number of rotatable bonds is 10. The molecule has 1 aliphatic rings. The first-order valence-electron chi connectivity index (χ1n) is 12.5. The molecule has 2 atom stereocenters. The van der Waals surface area contributed by atoms with Crippen LogP contribution in [0.2, 0.25) is 0 Å². The Kier molecular flexibility index (Phi) is 8.88. The molecular weight excluding hydrogens is 608 g/mol. The van der Waals surface area contributed by atoms with Crippen LogP contribution in [0.1, 0.15) is 18.9 Å². The largest absolute Gasteiger partial charge is 0.486 e. The van der Waals surface area contributed by atoms with Crippen molar-refractivity contribution >= 4 is 21.7 Å². The van der Waals surface area contributed by atoms with Crippen LogP contribution in [0.4, 0.5) is 32.0 Å². The number of sulfonamides is 1. The molecule has 0 aromatic heterocycles. The van der Waals surface area contributed by atoms with Crippen LogP contribution in [0.3, 0.4) is 0 Å². The van der Waals surface area contributed by atoms with Crippen LogP contribution >= 0.6 is 0 Å². The molecule has 0 bridgehead atoms. The van der Waals surface area contributed by atoms with Crippen molar-refractivity contribution in [3.8, 4) is 22.6 Å². The lowest BCUT2D eigenvalue weighted by atomic mass is 9.85. The summed E-state index contributed by atoms with van der Waals surface area (Å²) in [6, 6.07) is 9.82. The van der Waals surface area contributed by atoms with E-state index in [9.17, 15) is 44.7 Å². The summed E-state index contributed by atoms with van der Waals surface area (Å²) in [7, 11) is -3.45. The number of hydrogen-bond acceptors (Lipinski definition) is 6. The summed E-state index contributed by atoms with van der Waals surface area (Å²) in [5.41, 5.74) is -2.73.